The summed E-state index contributed by atoms with van der Waals surface area (Å²) >= 11 is 0. The molecule has 1 heterocycles. The lowest BCUT2D eigenvalue weighted by atomic mass is 10.1. The van der Waals surface area contributed by atoms with Crippen LogP contribution >= 0.6 is 0 Å². The first-order valence-corrected chi connectivity index (χ1v) is 5.87. The van der Waals surface area contributed by atoms with E-state index < -0.39 is 31.3 Å². The minimum absolute atomic E-state index is 0.186. The van der Waals surface area contributed by atoms with Gasteiger partial charge in [0, 0.05) is 23.5 Å². The number of halogens is 3. The van der Waals surface area contributed by atoms with Gasteiger partial charge in [0.25, 0.3) is 5.91 Å². The number of nitrogens with one attached hydrogen (secondary N) is 1. The Morgan fingerprint density at radius 1 is 1.35 bits per heavy atom. The van der Waals surface area contributed by atoms with Gasteiger partial charge in [-0.1, -0.05) is 6.07 Å². The summed E-state index contributed by atoms with van der Waals surface area (Å²) in [6.45, 7) is -1.82. The first kappa shape index (κ1) is 14.6. The van der Waals surface area contributed by atoms with Crippen molar-refractivity contribution < 1.29 is 28.2 Å². The molecule has 8 heteroatoms. The van der Waals surface area contributed by atoms with Gasteiger partial charge in [0.1, 0.15) is 6.54 Å². The van der Waals surface area contributed by atoms with E-state index in [0.717, 1.165) is 4.90 Å². The fourth-order valence-electron chi connectivity index (χ4n) is 2.07. The zero-order valence-corrected chi connectivity index (χ0v) is 10.3. The van der Waals surface area contributed by atoms with Gasteiger partial charge in [0.15, 0.2) is 6.10 Å². The molecule has 110 valence electrons. The summed E-state index contributed by atoms with van der Waals surface area (Å²) in [6.07, 6.45) is -5.70. The van der Waals surface area contributed by atoms with Gasteiger partial charge in [0.2, 0.25) is 0 Å². The molecule has 0 aliphatic carbocycles. The Morgan fingerprint density at radius 3 is 2.65 bits per heavy atom. The molecule has 1 amide bonds. The summed E-state index contributed by atoms with van der Waals surface area (Å²) in [6, 6.07) is 4.13. The monoisotopic (exact) mass is 290 g/mol. The summed E-state index contributed by atoms with van der Waals surface area (Å²) in [5.41, 5.74) is 0.823. The molecule has 0 saturated carbocycles. The molecule has 2 rings (SSSR count). The van der Waals surface area contributed by atoms with Crippen LogP contribution < -0.4 is 10.2 Å². The SMILES string of the molecule is O=C1Nc2cc(N(CCO)CC(F)(F)F)ccc2C1O. The van der Waals surface area contributed by atoms with Gasteiger partial charge >= 0.3 is 6.18 Å². The van der Waals surface area contributed by atoms with Crippen molar-refractivity contribution in [1.29, 1.82) is 0 Å². The third kappa shape index (κ3) is 3.02. The van der Waals surface area contributed by atoms with E-state index in [9.17, 15) is 23.1 Å². The lowest BCUT2D eigenvalue weighted by Crippen LogP contribution is -2.36. The Balaban J connectivity index is 2.27. The molecular formula is C12H13F3N2O3. The van der Waals surface area contributed by atoms with Gasteiger partial charge in [-0.2, -0.15) is 13.2 Å². The van der Waals surface area contributed by atoms with E-state index in [1.54, 1.807) is 0 Å². The number of hydrogen-bond donors (Lipinski definition) is 3. The number of aliphatic hydroxyl groups is 2. The van der Waals surface area contributed by atoms with E-state index in [2.05, 4.69) is 5.32 Å². The van der Waals surface area contributed by atoms with Gasteiger partial charge in [-0.15, -0.1) is 0 Å². The average molecular weight is 290 g/mol. The molecule has 1 aliphatic heterocycles. The highest BCUT2D eigenvalue weighted by atomic mass is 19.4. The van der Waals surface area contributed by atoms with Crippen LogP contribution in [-0.2, 0) is 4.79 Å². The molecule has 1 unspecified atom stereocenters. The van der Waals surface area contributed by atoms with Crippen LogP contribution in [-0.4, -0.2) is 42.0 Å². The highest BCUT2D eigenvalue weighted by Crippen LogP contribution is 2.34. The zero-order valence-electron chi connectivity index (χ0n) is 10.3. The number of aliphatic hydroxyl groups excluding tert-OH is 2. The molecule has 1 aromatic carbocycles. The molecule has 20 heavy (non-hydrogen) atoms. The van der Waals surface area contributed by atoms with Gasteiger partial charge < -0.3 is 20.4 Å². The minimum Gasteiger partial charge on any atom is -0.395 e. The number of nitrogens with zero attached hydrogens (tertiary/aromatic N) is 1. The van der Waals surface area contributed by atoms with E-state index in [-0.39, 0.29) is 17.9 Å². The molecular weight excluding hydrogens is 277 g/mol. The number of anilines is 2. The lowest BCUT2D eigenvalue weighted by Gasteiger charge is -2.25. The van der Waals surface area contributed by atoms with Crippen molar-refractivity contribution in [3.05, 3.63) is 23.8 Å². The Hall–Kier alpha value is -1.80. The van der Waals surface area contributed by atoms with E-state index >= 15 is 0 Å². The van der Waals surface area contributed by atoms with Crippen molar-refractivity contribution >= 4 is 17.3 Å². The van der Waals surface area contributed by atoms with E-state index in [1.165, 1.54) is 18.2 Å². The number of alkyl halides is 3. The van der Waals surface area contributed by atoms with Crippen LogP contribution in [0.3, 0.4) is 0 Å². The highest BCUT2D eigenvalue weighted by molar-refractivity contribution is 6.02. The number of benzene rings is 1. The van der Waals surface area contributed by atoms with Gasteiger partial charge in [-0.25, -0.2) is 0 Å². The summed E-state index contributed by atoms with van der Waals surface area (Å²) < 4.78 is 37.4. The molecule has 0 saturated heterocycles. The molecule has 1 atom stereocenters. The number of amides is 1. The van der Waals surface area contributed by atoms with Crippen molar-refractivity contribution in [2.75, 3.05) is 29.9 Å². The second-order valence-corrected chi connectivity index (χ2v) is 4.42. The second-order valence-electron chi connectivity index (χ2n) is 4.42. The number of carbonyl (C=O) groups excluding carboxylic acids is 1. The topological polar surface area (TPSA) is 72.8 Å². The standard InChI is InChI=1S/C12H13F3N2O3/c13-12(14,15)6-17(3-4-18)7-1-2-8-9(5-7)16-11(20)10(8)19/h1-2,5,10,18-19H,3-4,6H2,(H,16,20). The van der Waals surface area contributed by atoms with Crippen molar-refractivity contribution in [2.24, 2.45) is 0 Å². The molecule has 5 nitrogen and oxygen atoms in total. The van der Waals surface area contributed by atoms with Crippen LogP contribution in [0.4, 0.5) is 24.5 Å². The number of carbonyl (C=O) groups is 1. The first-order valence-electron chi connectivity index (χ1n) is 5.87. The number of fused-ring (bicyclic) bond motifs is 1. The van der Waals surface area contributed by atoms with E-state index in [1.807, 2.05) is 0 Å². The second kappa shape index (κ2) is 5.29. The Morgan fingerprint density at radius 2 is 2.05 bits per heavy atom. The van der Waals surface area contributed by atoms with Crippen molar-refractivity contribution in [2.45, 2.75) is 12.3 Å². The maximum atomic E-state index is 12.5. The highest BCUT2D eigenvalue weighted by Gasteiger charge is 2.32. The maximum absolute atomic E-state index is 12.5. The fraction of sp³-hybridized carbons (Fsp3) is 0.417. The largest absolute Gasteiger partial charge is 0.405 e. The predicted molar refractivity (Wildman–Crippen MR) is 65.4 cm³/mol. The fourth-order valence-corrected chi connectivity index (χ4v) is 2.07. The molecule has 0 fully saturated rings. The predicted octanol–water partition coefficient (Wildman–Crippen LogP) is 1.03. The third-order valence-corrected chi connectivity index (χ3v) is 2.94. The van der Waals surface area contributed by atoms with Crippen LogP contribution in [0, 0.1) is 0 Å². The number of rotatable bonds is 4. The van der Waals surface area contributed by atoms with Crippen LogP contribution in [0.25, 0.3) is 0 Å². The molecule has 3 N–H and O–H groups in total. The molecule has 0 spiro atoms. The van der Waals surface area contributed by atoms with E-state index in [0.29, 0.717) is 5.56 Å². The molecule has 1 aliphatic rings. The lowest BCUT2D eigenvalue weighted by molar-refractivity contribution is -0.123. The Bertz CT molecular complexity index is 519. The summed E-state index contributed by atoms with van der Waals surface area (Å²) in [5, 5.41) is 20.8. The molecule has 1 aromatic rings. The third-order valence-electron chi connectivity index (χ3n) is 2.94. The van der Waals surface area contributed by atoms with Gasteiger partial charge in [-0.3, -0.25) is 4.79 Å². The summed E-state index contributed by atoms with van der Waals surface area (Å²) in [5.74, 6) is -0.610. The summed E-state index contributed by atoms with van der Waals surface area (Å²) in [7, 11) is 0. The van der Waals surface area contributed by atoms with Crippen molar-refractivity contribution in [3.8, 4) is 0 Å². The van der Waals surface area contributed by atoms with Crippen LogP contribution in [0.2, 0.25) is 0 Å². The van der Waals surface area contributed by atoms with Crippen LogP contribution in [0.15, 0.2) is 18.2 Å². The number of hydrogen-bond acceptors (Lipinski definition) is 4. The Labute approximate surface area is 112 Å². The van der Waals surface area contributed by atoms with Crippen LogP contribution in [0.5, 0.6) is 0 Å². The van der Waals surface area contributed by atoms with E-state index in [4.69, 9.17) is 5.11 Å². The quantitative estimate of drug-likeness (QED) is 0.774. The van der Waals surface area contributed by atoms with Gasteiger partial charge in [0.05, 0.1) is 6.61 Å². The average Bonchev–Trinajstić information content (AvgIpc) is 2.62. The smallest absolute Gasteiger partial charge is 0.395 e. The van der Waals surface area contributed by atoms with Gasteiger partial charge in [-0.05, 0) is 12.1 Å². The summed E-state index contributed by atoms with van der Waals surface area (Å²) in [4.78, 5) is 12.2. The normalized spacial score (nSPS) is 17.9. The van der Waals surface area contributed by atoms with Crippen LogP contribution in [0.1, 0.15) is 11.7 Å². The maximum Gasteiger partial charge on any atom is 0.405 e. The zero-order chi connectivity index (χ0) is 14.9. The van der Waals surface area contributed by atoms with Crippen molar-refractivity contribution in [3.63, 3.8) is 0 Å². The molecule has 0 bridgehead atoms. The first-order chi connectivity index (χ1) is 9.31. The minimum atomic E-state index is -4.41. The molecule has 0 radical (unpaired) electrons. The Kier molecular flexibility index (Phi) is 3.87. The van der Waals surface area contributed by atoms with Crippen molar-refractivity contribution in [1.82, 2.24) is 0 Å². The molecule has 0 aromatic heterocycles.